The van der Waals surface area contributed by atoms with Crippen molar-refractivity contribution in [2.45, 2.75) is 73.8 Å². The molecule has 14 heteroatoms. The number of fused-ring (bicyclic) bond motifs is 2. The van der Waals surface area contributed by atoms with Gasteiger partial charge in [0.1, 0.15) is 60.3 Å². The molecule has 2 aliphatic heterocycles. The highest BCUT2D eigenvalue weighted by molar-refractivity contribution is 6.16. The number of carbonyl (C=O) groups is 1. The molecule has 2 fully saturated rings. The summed E-state index contributed by atoms with van der Waals surface area (Å²) >= 11 is 0. The van der Waals surface area contributed by atoms with Crippen LogP contribution in [0.4, 0.5) is 0 Å². The second-order valence-corrected chi connectivity index (χ2v) is 10.4. The molecule has 0 saturated carbocycles. The zero-order chi connectivity index (χ0) is 29.7. The van der Waals surface area contributed by atoms with Crippen LogP contribution in [-0.2, 0) is 16.1 Å². The Balaban J connectivity index is 1.65. The number of phenolic OH excluding ortho intramolecular Hbond substituents is 1. The van der Waals surface area contributed by atoms with E-state index in [1.807, 2.05) is 0 Å². The lowest BCUT2D eigenvalue weighted by molar-refractivity contribution is -0.277. The van der Waals surface area contributed by atoms with Gasteiger partial charge in [0.15, 0.2) is 0 Å². The van der Waals surface area contributed by atoms with Crippen LogP contribution in [-0.4, -0.2) is 131 Å². The third kappa shape index (κ3) is 4.90. The minimum Gasteiger partial charge on any atom is -0.507 e. The Hall–Kier alpha value is -2.73. The maximum absolute atomic E-state index is 13.9. The minimum absolute atomic E-state index is 0.126. The van der Waals surface area contributed by atoms with Crippen molar-refractivity contribution >= 4 is 5.78 Å². The number of carbonyl (C=O) groups excluding carboxylic acids is 1. The molecule has 41 heavy (non-hydrogen) atoms. The Labute approximate surface area is 232 Å². The molecule has 2 aromatic rings. The standard InChI is InChI=1S/C27H32O14/c28-6-9-4-11-16(26-24(37)22(35)19(32)14(7-29)39-26)10-2-1-3-13(18(10)21(34)17(11)12(31)5-9)40-27-25(38)23(36)20(33)15(8-30)41-27/h1-5,14-16,19-20,22-33,35-38H,6-8H2/t14-,15-,16?,19-,20-,22+,23+,24-,25-,26+,27+/m1/s1. The fourth-order valence-electron chi connectivity index (χ4n) is 5.78. The van der Waals surface area contributed by atoms with Crippen molar-refractivity contribution in [3.8, 4) is 11.5 Å². The number of aliphatic hydroxyl groups is 9. The highest BCUT2D eigenvalue weighted by Gasteiger charge is 2.51. The van der Waals surface area contributed by atoms with Crippen LogP contribution in [0, 0.1) is 0 Å². The molecule has 0 radical (unpaired) electrons. The number of ether oxygens (including phenoxy) is 3. The van der Waals surface area contributed by atoms with Crippen molar-refractivity contribution in [3.63, 3.8) is 0 Å². The van der Waals surface area contributed by atoms with Gasteiger partial charge >= 0.3 is 0 Å². The SMILES string of the molecule is O=C1c2c(O)cc(CO)cc2C([C@@H]2O[C@H](CO)[C@@H](O)[C@H](O)[C@H]2O)c2cccc(O[C@H]3O[C@H](CO)[C@@H](O)[C@H](O)[C@H]3O)c21. The monoisotopic (exact) mass is 580 g/mol. The van der Waals surface area contributed by atoms with Gasteiger partial charge in [-0.25, -0.2) is 0 Å². The first kappa shape index (κ1) is 29.8. The molecule has 1 unspecified atom stereocenters. The summed E-state index contributed by atoms with van der Waals surface area (Å²) in [5, 5.41) is 103. The van der Waals surface area contributed by atoms with Gasteiger partial charge in [0, 0.05) is 5.92 Å². The second-order valence-electron chi connectivity index (χ2n) is 10.4. The minimum atomic E-state index is -1.80. The highest BCUT2D eigenvalue weighted by atomic mass is 16.7. The van der Waals surface area contributed by atoms with Gasteiger partial charge in [0.2, 0.25) is 12.1 Å². The Kier molecular flexibility index (Phi) is 8.35. The van der Waals surface area contributed by atoms with Gasteiger partial charge in [-0.15, -0.1) is 0 Å². The summed E-state index contributed by atoms with van der Waals surface area (Å²) in [5.74, 6) is -2.58. The smallest absolute Gasteiger partial charge is 0.229 e. The first-order chi connectivity index (χ1) is 19.5. The Bertz CT molecular complexity index is 1280. The molecule has 11 atom stereocenters. The van der Waals surface area contributed by atoms with Crippen LogP contribution in [0.25, 0.3) is 0 Å². The molecule has 0 bridgehead atoms. The van der Waals surface area contributed by atoms with Gasteiger partial charge in [-0.3, -0.25) is 4.79 Å². The maximum atomic E-state index is 13.9. The summed E-state index contributed by atoms with van der Waals surface area (Å²) < 4.78 is 17.1. The van der Waals surface area contributed by atoms with Crippen molar-refractivity contribution in [2.24, 2.45) is 0 Å². The summed E-state index contributed by atoms with van der Waals surface area (Å²) in [6.45, 7) is -1.94. The van der Waals surface area contributed by atoms with Crippen LogP contribution in [0.1, 0.15) is 38.5 Å². The molecule has 2 saturated heterocycles. The molecule has 1 aliphatic carbocycles. The van der Waals surface area contributed by atoms with Gasteiger partial charge < -0.3 is 65.3 Å². The number of benzene rings is 2. The molecule has 2 aromatic carbocycles. The summed E-state index contributed by atoms with van der Waals surface area (Å²) in [6, 6.07) is 6.89. The Morgan fingerprint density at radius 1 is 0.732 bits per heavy atom. The molecule has 0 spiro atoms. The maximum Gasteiger partial charge on any atom is 0.229 e. The zero-order valence-corrected chi connectivity index (χ0v) is 21.5. The number of rotatable bonds is 6. The lowest BCUT2D eigenvalue weighted by atomic mass is 9.71. The molecule has 0 amide bonds. The number of phenols is 1. The van der Waals surface area contributed by atoms with E-state index in [4.69, 9.17) is 14.2 Å². The lowest BCUT2D eigenvalue weighted by Crippen LogP contribution is -2.60. The van der Waals surface area contributed by atoms with E-state index in [-0.39, 0.29) is 33.6 Å². The third-order valence-electron chi connectivity index (χ3n) is 7.92. The van der Waals surface area contributed by atoms with Crippen molar-refractivity contribution < 1.29 is 70.1 Å². The van der Waals surface area contributed by atoms with Gasteiger partial charge in [-0.05, 0) is 28.8 Å². The average Bonchev–Trinajstić information content (AvgIpc) is 2.96. The van der Waals surface area contributed by atoms with Gasteiger partial charge in [-0.2, -0.15) is 0 Å². The van der Waals surface area contributed by atoms with Crippen LogP contribution in [0.5, 0.6) is 11.5 Å². The van der Waals surface area contributed by atoms with Gasteiger partial charge in [0.25, 0.3) is 0 Å². The predicted octanol–water partition coefficient (Wildman–Crippen LogP) is -3.42. The van der Waals surface area contributed by atoms with E-state index < -0.39 is 98.5 Å². The number of ketones is 1. The van der Waals surface area contributed by atoms with Gasteiger partial charge in [-0.1, -0.05) is 18.2 Å². The Morgan fingerprint density at radius 3 is 2.00 bits per heavy atom. The molecule has 3 aliphatic rings. The number of aromatic hydroxyl groups is 1. The lowest BCUT2D eigenvalue weighted by Gasteiger charge is -2.45. The summed E-state index contributed by atoms with van der Waals surface area (Å²) in [4.78, 5) is 13.9. The molecule has 0 aromatic heterocycles. The highest BCUT2D eigenvalue weighted by Crippen LogP contribution is 2.48. The third-order valence-corrected chi connectivity index (χ3v) is 7.92. The topological polar surface area (TPSA) is 247 Å². The molecule has 10 N–H and O–H groups in total. The van der Waals surface area contributed by atoms with E-state index in [2.05, 4.69) is 0 Å². The Morgan fingerprint density at radius 2 is 1.37 bits per heavy atom. The molecular weight excluding hydrogens is 548 g/mol. The van der Waals surface area contributed by atoms with Crippen LogP contribution < -0.4 is 4.74 Å². The molecule has 5 rings (SSSR count). The normalized spacial score (nSPS) is 36.9. The number of hydrogen-bond acceptors (Lipinski definition) is 14. The van der Waals surface area contributed by atoms with Crippen molar-refractivity contribution in [1.82, 2.24) is 0 Å². The van der Waals surface area contributed by atoms with E-state index >= 15 is 0 Å². The summed E-state index contributed by atoms with van der Waals surface area (Å²) in [6.07, 6.45) is -16.0. The van der Waals surface area contributed by atoms with E-state index in [9.17, 15) is 55.9 Å². The molecule has 2 heterocycles. The van der Waals surface area contributed by atoms with E-state index in [1.165, 1.54) is 30.3 Å². The molecular formula is C27H32O14. The van der Waals surface area contributed by atoms with Crippen LogP contribution in [0.3, 0.4) is 0 Å². The predicted molar refractivity (Wildman–Crippen MR) is 134 cm³/mol. The van der Waals surface area contributed by atoms with E-state index in [0.717, 1.165) is 0 Å². The van der Waals surface area contributed by atoms with Crippen molar-refractivity contribution in [1.29, 1.82) is 0 Å². The summed E-state index contributed by atoms with van der Waals surface area (Å²) in [7, 11) is 0. The van der Waals surface area contributed by atoms with Crippen LogP contribution in [0.2, 0.25) is 0 Å². The van der Waals surface area contributed by atoms with E-state index in [0.29, 0.717) is 0 Å². The summed E-state index contributed by atoms with van der Waals surface area (Å²) in [5.41, 5.74) is 0.123. The fourth-order valence-corrected chi connectivity index (χ4v) is 5.78. The van der Waals surface area contributed by atoms with Crippen molar-refractivity contribution in [2.75, 3.05) is 13.2 Å². The van der Waals surface area contributed by atoms with Crippen LogP contribution in [0.15, 0.2) is 30.3 Å². The van der Waals surface area contributed by atoms with Crippen molar-refractivity contribution in [3.05, 3.63) is 58.1 Å². The fraction of sp³-hybridized carbons (Fsp3) is 0.519. The second kappa shape index (κ2) is 11.5. The zero-order valence-electron chi connectivity index (χ0n) is 21.5. The number of aliphatic hydroxyl groups excluding tert-OH is 9. The first-order valence-corrected chi connectivity index (χ1v) is 13.0. The van der Waals surface area contributed by atoms with Crippen LogP contribution >= 0.6 is 0 Å². The molecule has 14 nitrogen and oxygen atoms in total. The largest absolute Gasteiger partial charge is 0.507 e. The quantitative estimate of drug-likeness (QED) is 0.160. The number of hydrogen-bond donors (Lipinski definition) is 10. The first-order valence-electron chi connectivity index (χ1n) is 13.0. The van der Waals surface area contributed by atoms with E-state index in [1.54, 1.807) is 0 Å². The molecule has 224 valence electrons. The average molecular weight is 581 g/mol. The van der Waals surface area contributed by atoms with Gasteiger partial charge in [0.05, 0.1) is 37.1 Å².